The molecule has 1 aromatic rings. The van der Waals surface area contributed by atoms with Gasteiger partial charge in [-0.15, -0.1) is 0 Å². The van der Waals surface area contributed by atoms with Gasteiger partial charge in [0, 0.05) is 19.3 Å². The van der Waals surface area contributed by atoms with Gasteiger partial charge >= 0.3 is 0 Å². The number of aromatic nitrogens is 1. The Hall–Kier alpha value is -1.58. The molecular weight excluding hydrogens is 252 g/mol. The highest BCUT2D eigenvalue weighted by atomic mass is 16.3. The molecule has 0 radical (unpaired) electrons. The summed E-state index contributed by atoms with van der Waals surface area (Å²) in [6.07, 6.45) is 10.5. The van der Waals surface area contributed by atoms with E-state index < -0.39 is 0 Å². The second-order valence-corrected chi connectivity index (χ2v) is 6.22. The second-order valence-electron chi connectivity index (χ2n) is 6.22. The normalized spacial score (nSPS) is 21.9. The molecule has 1 saturated heterocycles. The SMILES string of the molecule is O=C(c1ncccc1O)N1CCC2(CCCCC2)CC1. The van der Waals surface area contributed by atoms with Crippen molar-refractivity contribution in [3.8, 4) is 5.75 Å². The smallest absolute Gasteiger partial charge is 0.276 e. The summed E-state index contributed by atoms with van der Waals surface area (Å²) in [7, 11) is 0. The van der Waals surface area contributed by atoms with E-state index in [0.717, 1.165) is 25.9 Å². The van der Waals surface area contributed by atoms with Gasteiger partial charge in [-0.3, -0.25) is 4.79 Å². The number of amides is 1. The first-order chi connectivity index (χ1) is 9.70. The molecule has 1 aliphatic heterocycles. The van der Waals surface area contributed by atoms with Crippen molar-refractivity contribution in [1.82, 2.24) is 9.88 Å². The lowest BCUT2D eigenvalue weighted by molar-refractivity contribution is 0.0465. The first kappa shape index (κ1) is 13.4. The van der Waals surface area contributed by atoms with E-state index in [2.05, 4.69) is 4.98 Å². The summed E-state index contributed by atoms with van der Waals surface area (Å²) >= 11 is 0. The molecule has 1 N–H and O–H groups in total. The van der Waals surface area contributed by atoms with E-state index in [9.17, 15) is 9.90 Å². The van der Waals surface area contributed by atoms with Crippen LogP contribution >= 0.6 is 0 Å². The second kappa shape index (κ2) is 5.43. The molecule has 20 heavy (non-hydrogen) atoms. The third kappa shape index (κ3) is 2.51. The molecule has 1 aromatic heterocycles. The number of carbonyl (C=O) groups is 1. The van der Waals surface area contributed by atoms with Crippen molar-refractivity contribution in [3.63, 3.8) is 0 Å². The van der Waals surface area contributed by atoms with Gasteiger partial charge in [-0.05, 0) is 43.2 Å². The lowest BCUT2D eigenvalue weighted by Gasteiger charge is -2.44. The number of piperidine rings is 1. The van der Waals surface area contributed by atoms with Crippen LogP contribution in [-0.2, 0) is 0 Å². The first-order valence-corrected chi connectivity index (χ1v) is 7.64. The Morgan fingerprint density at radius 2 is 1.85 bits per heavy atom. The Bertz CT molecular complexity index is 485. The number of hydrogen-bond acceptors (Lipinski definition) is 3. The van der Waals surface area contributed by atoms with Crippen LogP contribution in [0.4, 0.5) is 0 Å². The molecule has 1 aliphatic carbocycles. The number of carbonyl (C=O) groups excluding carboxylic acids is 1. The van der Waals surface area contributed by atoms with Crippen molar-refractivity contribution >= 4 is 5.91 Å². The molecule has 2 heterocycles. The number of rotatable bonds is 1. The zero-order valence-corrected chi connectivity index (χ0v) is 11.8. The van der Waals surface area contributed by atoms with Crippen LogP contribution in [0.15, 0.2) is 18.3 Å². The maximum Gasteiger partial charge on any atom is 0.276 e. The molecule has 1 amide bonds. The first-order valence-electron chi connectivity index (χ1n) is 7.64. The fourth-order valence-electron chi connectivity index (χ4n) is 3.70. The zero-order valence-electron chi connectivity index (χ0n) is 11.8. The van der Waals surface area contributed by atoms with Crippen LogP contribution in [-0.4, -0.2) is 34.0 Å². The Kier molecular flexibility index (Phi) is 3.64. The molecule has 1 spiro atoms. The quantitative estimate of drug-likeness (QED) is 0.856. The summed E-state index contributed by atoms with van der Waals surface area (Å²) in [4.78, 5) is 18.3. The van der Waals surface area contributed by atoms with E-state index in [1.165, 1.54) is 38.2 Å². The minimum Gasteiger partial charge on any atom is -0.505 e. The van der Waals surface area contributed by atoms with Crippen molar-refractivity contribution in [1.29, 1.82) is 0 Å². The monoisotopic (exact) mass is 274 g/mol. The molecule has 2 fully saturated rings. The molecule has 3 rings (SSSR count). The maximum atomic E-state index is 12.4. The lowest BCUT2D eigenvalue weighted by Crippen LogP contribution is -2.44. The van der Waals surface area contributed by atoms with Gasteiger partial charge in [0.25, 0.3) is 5.91 Å². The van der Waals surface area contributed by atoms with E-state index in [1.54, 1.807) is 12.3 Å². The minimum atomic E-state index is -0.131. The van der Waals surface area contributed by atoms with Crippen molar-refractivity contribution in [3.05, 3.63) is 24.0 Å². The van der Waals surface area contributed by atoms with Crippen molar-refractivity contribution < 1.29 is 9.90 Å². The molecule has 108 valence electrons. The van der Waals surface area contributed by atoms with Crippen molar-refractivity contribution in [2.24, 2.45) is 5.41 Å². The van der Waals surface area contributed by atoms with Gasteiger partial charge in [0.2, 0.25) is 0 Å². The fourth-order valence-corrected chi connectivity index (χ4v) is 3.70. The number of nitrogens with zero attached hydrogens (tertiary/aromatic N) is 2. The molecule has 0 unspecified atom stereocenters. The third-order valence-corrected chi connectivity index (χ3v) is 5.01. The third-order valence-electron chi connectivity index (χ3n) is 5.01. The van der Waals surface area contributed by atoms with Crippen LogP contribution in [0.5, 0.6) is 5.75 Å². The largest absolute Gasteiger partial charge is 0.505 e. The molecule has 4 heteroatoms. The van der Waals surface area contributed by atoms with E-state index in [-0.39, 0.29) is 17.4 Å². The highest BCUT2D eigenvalue weighted by molar-refractivity contribution is 5.94. The van der Waals surface area contributed by atoms with Crippen LogP contribution in [0.2, 0.25) is 0 Å². The topological polar surface area (TPSA) is 53.4 Å². The predicted molar refractivity (Wildman–Crippen MR) is 76.6 cm³/mol. The zero-order chi connectivity index (χ0) is 14.0. The van der Waals surface area contributed by atoms with Gasteiger partial charge in [-0.2, -0.15) is 0 Å². The highest BCUT2D eigenvalue weighted by Crippen LogP contribution is 2.44. The summed E-state index contributed by atoms with van der Waals surface area (Å²) in [5.41, 5.74) is 0.674. The summed E-state index contributed by atoms with van der Waals surface area (Å²) in [6.45, 7) is 1.60. The maximum absolute atomic E-state index is 12.4. The number of hydrogen-bond donors (Lipinski definition) is 1. The van der Waals surface area contributed by atoms with Gasteiger partial charge in [0.15, 0.2) is 5.69 Å². The van der Waals surface area contributed by atoms with E-state index in [0.29, 0.717) is 5.41 Å². The average Bonchev–Trinajstić information content (AvgIpc) is 2.49. The Morgan fingerprint density at radius 1 is 1.15 bits per heavy atom. The van der Waals surface area contributed by atoms with Crippen molar-refractivity contribution in [2.75, 3.05) is 13.1 Å². The van der Waals surface area contributed by atoms with Gasteiger partial charge < -0.3 is 10.0 Å². The molecule has 1 saturated carbocycles. The molecule has 2 aliphatic rings. The summed E-state index contributed by atoms with van der Waals surface area (Å²) in [5.74, 6) is -0.149. The Balaban J connectivity index is 1.66. The van der Waals surface area contributed by atoms with E-state index >= 15 is 0 Å². The van der Waals surface area contributed by atoms with Crippen LogP contribution in [0.1, 0.15) is 55.4 Å². The minimum absolute atomic E-state index is 0.0181. The molecular formula is C16H22N2O2. The fraction of sp³-hybridized carbons (Fsp3) is 0.625. The van der Waals surface area contributed by atoms with Gasteiger partial charge in [-0.25, -0.2) is 4.98 Å². The number of pyridine rings is 1. The lowest BCUT2D eigenvalue weighted by atomic mass is 9.68. The summed E-state index contributed by atoms with van der Waals surface area (Å²) in [5, 5.41) is 9.74. The molecule has 0 atom stereocenters. The predicted octanol–water partition coefficient (Wildman–Crippen LogP) is 2.97. The molecule has 0 bridgehead atoms. The molecule has 0 aromatic carbocycles. The van der Waals surface area contributed by atoms with E-state index in [1.807, 2.05) is 4.90 Å². The van der Waals surface area contributed by atoms with Gasteiger partial charge in [0.05, 0.1) is 0 Å². The Morgan fingerprint density at radius 3 is 2.50 bits per heavy atom. The standard InChI is InChI=1S/C16H22N2O2/c19-13-5-4-10-17-14(13)15(20)18-11-8-16(9-12-18)6-2-1-3-7-16/h4-5,10,19H,1-3,6-9,11-12H2. The van der Waals surface area contributed by atoms with Gasteiger partial charge in [0.1, 0.15) is 5.75 Å². The number of likely N-dealkylation sites (tertiary alicyclic amines) is 1. The van der Waals surface area contributed by atoms with Crippen molar-refractivity contribution in [2.45, 2.75) is 44.9 Å². The van der Waals surface area contributed by atoms with Crippen LogP contribution in [0, 0.1) is 5.41 Å². The summed E-state index contributed by atoms with van der Waals surface area (Å²) < 4.78 is 0. The number of aromatic hydroxyl groups is 1. The molecule has 4 nitrogen and oxygen atoms in total. The van der Waals surface area contributed by atoms with Crippen LogP contribution < -0.4 is 0 Å². The van der Waals surface area contributed by atoms with Gasteiger partial charge in [-0.1, -0.05) is 19.3 Å². The van der Waals surface area contributed by atoms with E-state index in [4.69, 9.17) is 0 Å². The highest BCUT2D eigenvalue weighted by Gasteiger charge is 2.37. The summed E-state index contributed by atoms with van der Waals surface area (Å²) in [6, 6.07) is 3.16. The van der Waals surface area contributed by atoms with Crippen LogP contribution in [0.3, 0.4) is 0 Å². The van der Waals surface area contributed by atoms with Crippen LogP contribution in [0.25, 0.3) is 0 Å². The average molecular weight is 274 g/mol. The Labute approximate surface area is 119 Å².